The molecule has 0 amide bonds. The number of halogens is 5. The van der Waals surface area contributed by atoms with Crippen LogP contribution in [0.4, 0.5) is 27.6 Å². The maximum Gasteiger partial charge on any atom is 0.200 e. The van der Waals surface area contributed by atoms with Gasteiger partial charge in [-0.05, 0) is 26.7 Å². The van der Waals surface area contributed by atoms with Crippen LogP contribution in [-0.2, 0) is 0 Å². The van der Waals surface area contributed by atoms with Gasteiger partial charge in [0, 0.05) is 6.54 Å². The molecule has 20 heavy (non-hydrogen) atoms. The van der Waals surface area contributed by atoms with E-state index in [-0.39, 0.29) is 6.54 Å². The molecule has 1 aromatic rings. The molecule has 110 valence electrons. The fourth-order valence-corrected chi connectivity index (χ4v) is 1.56. The van der Waals surface area contributed by atoms with Crippen molar-refractivity contribution in [1.82, 2.24) is 0 Å². The minimum absolute atomic E-state index is 0.0105. The lowest BCUT2D eigenvalue weighted by molar-refractivity contribution is 0.381. The lowest BCUT2D eigenvalue weighted by Crippen LogP contribution is -2.14. The SMILES string of the molecule is CC(C)(C#N)CCCNc1c(F)c(F)c(F)c(F)c1F. The largest absolute Gasteiger partial charge is 0.380 e. The summed E-state index contributed by atoms with van der Waals surface area (Å²) in [6.45, 7) is 3.36. The van der Waals surface area contributed by atoms with Gasteiger partial charge in [0.2, 0.25) is 5.82 Å². The number of hydrogen-bond acceptors (Lipinski definition) is 2. The van der Waals surface area contributed by atoms with Gasteiger partial charge in [0.1, 0.15) is 5.69 Å². The highest BCUT2D eigenvalue weighted by Gasteiger charge is 2.25. The van der Waals surface area contributed by atoms with E-state index in [1.807, 2.05) is 6.07 Å². The van der Waals surface area contributed by atoms with Crippen molar-refractivity contribution >= 4 is 5.69 Å². The van der Waals surface area contributed by atoms with Gasteiger partial charge in [-0.3, -0.25) is 0 Å². The third kappa shape index (κ3) is 3.38. The van der Waals surface area contributed by atoms with E-state index in [0.29, 0.717) is 12.8 Å². The van der Waals surface area contributed by atoms with Gasteiger partial charge in [-0.15, -0.1) is 0 Å². The molecule has 1 rings (SSSR count). The highest BCUT2D eigenvalue weighted by molar-refractivity contribution is 5.47. The van der Waals surface area contributed by atoms with Crippen molar-refractivity contribution in [3.8, 4) is 6.07 Å². The van der Waals surface area contributed by atoms with Crippen LogP contribution in [0.2, 0.25) is 0 Å². The summed E-state index contributed by atoms with van der Waals surface area (Å²) in [4.78, 5) is 0. The molecule has 0 aliphatic rings. The Labute approximate surface area is 113 Å². The van der Waals surface area contributed by atoms with Gasteiger partial charge in [0.15, 0.2) is 23.3 Å². The standard InChI is InChI=1S/C13H13F5N2/c1-13(2,6-19)4-3-5-20-12-10(17)8(15)7(14)9(16)11(12)18/h20H,3-5H2,1-2H3. The van der Waals surface area contributed by atoms with E-state index in [9.17, 15) is 22.0 Å². The molecule has 0 spiro atoms. The first-order chi connectivity index (χ1) is 9.21. The Hall–Kier alpha value is -1.84. The lowest BCUT2D eigenvalue weighted by Gasteiger charge is -2.15. The first-order valence-corrected chi connectivity index (χ1v) is 5.88. The molecule has 0 saturated heterocycles. The van der Waals surface area contributed by atoms with Gasteiger partial charge >= 0.3 is 0 Å². The first kappa shape index (κ1) is 16.2. The van der Waals surface area contributed by atoms with Gasteiger partial charge < -0.3 is 5.32 Å². The maximum atomic E-state index is 13.3. The summed E-state index contributed by atoms with van der Waals surface area (Å²) in [5.74, 6) is -9.93. The quantitative estimate of drug-likeness (QED) is 0.383. The van der Waals surface area contributed by atoms with E-state index < -0.39 is 40.2 Å². The Balaban J connectivity index is 2.78. The van der Waals surface area contributed by atoms with Crippen molar-refractivity contribution in [2.24, 2.45) is 5.41 Å². The number of benzene rings is 1. The van der Waals surface area contributed by atoms with Crippen molar-refractivity contribution in [3.05, 3.63) is 29.1 Å². The van der Waals surface area contributed by atoms with Crippen molar-refractivity contribution in [3.63, 3.8) is 0 Å². The molecule has 0 aliphatic heterocycles. The summed E-state index contributed by atoms with van der Waals surface area (Å²) in [5, 5.41) is 11.0. The molecule has 0 fully saturated rings. The van der Waals surface area contributed by atoms with E-state index in [1.54, 1.807) is 13.8 Å². The number of anilines is 1. The summed E-state index contributed by atoms with van der Waals surface area (Å²) in [5.41, 5.74) is -1.66. The Morgan fingerprint density at radius 1 is 0.950 bits per heavy atom. The van der Waals surface area contributed by atoms with Crippen LogP contribution in [0.5, 0.6) is 0 Å². The monoisotopic (exact) mass is 292 g/mol. The number of nitrogens with one attached hydrogen (secondary N) is 1. The Bertz CT molecular complexity index is 520. The molecule has 1 N–H and O–H groups in total. The fourth-order valence-electron chi connectivity index (χ4n) is 1.56. The Kier molecular flexibility index (Phi) is 4.93. The lowest BCUT2D eigenvalue weighted by atomic mass is 9.90. The third-order valence-electron chi connectivity index (χ3n) is 2.79. The molecule has 1 aromatic carbocycles. The first-order valence-electron chi connectivity index (χ1n) is 5.88. The van der Waals surface area contributed by atoms with Gasteiger partial charge in [0.05, 0.1) is 11.5 Å². The van der Waals surface area contributed by atoms with Crippen LogP contribution in [0, 0.1) is 45.8 Å². The van der Waals surface area contributed by atoms with Crippen LogP contribution in [-0.4, -0.2) is 6.54 Å². The topological polar surface area (TPSA) is 35.8 Å². The zero-order valence-electron chi connectivity index (χ0n) is 11.0. The van der Waals surface area contributed by atoms with Crippen LogP contribution in [0.15, 0.2) is 0 Å². The van der Waals surface area contributed by atoms with E-state index in [1.165, 1.54) is 0 Å². The molecule has 0 aromatic heterocycles. The smallest absolute Gasteiger partial charge is 0.200 e. The highest BCUT2D eigenvalue weighted by Crippen LogP contribution is 2.27. The molecule has 7 heteroatoms. The predicted octanol–water partition coefficient (Wildman–Crippen LogP) is 4.12. The van der Waals surface area contributed by atoms with Crippen LogP contribution in [0.25, 0.3) is 0 Å². The normalized spacial score (nSPS) is 11.3. The fraction of sp³-hybridized carbons (Fsp3) is 0.462. The summed E-state index contributed by atoms with van der Waals surface area (Å²) >= 11 is 0. The summed E-state index contributed by atoms with van der Waals surface area (Å²) in [6, 6.07) is 2.04. The molecular weight excluding hydrogens is 279 g/mol. The minimum Gasteiger partial charge on any atom is -0.380 e. The summed E-state index contributed by atoms with van der Waals surface area (Å²) < 4.78 is 65.2. The van der Waals surface area contributed by atoms with E-state index >= 15 is 0 Å². The van der Waals surface area contributed by atoms with Gasteiger partial charge in [-0.1, -0.05) is 0 Å². The van der Waals surface area contributed by atoms with Crippen LogP contribution >= 0.6 is 0 Å². The molecule has 0 atom stereocenters. The average Bonchev–Trinajstić information content (AvgIpc) is 2.42. The Morgan fingerprint density at radius 3 is 1.85 bits per heavy atom. The molecule has 0 bridgehead atoms. The van der Waals surface area contributed by atoms with Crippen molar-refractivity contribution < 1.29 is 22.0 Å². The second kappa shape index (κ2) is 6.07. The number of nitriles is 1. The number of hydrogen-bond donors (Lipinski definition) is 1. The van der Waals surface area contributed by atoms with Crippen molar-refractivity contribution in [2.45, 2.75) is 26.7 Å². The summed E-state index contributed by atoms with van der Waals surface area (Å²) in [6.07, 6.45) is 0.770. The molecular formula is C13H13F5N2. The van der Waals surface area contributed by atoms with E-state index in [4.69, 9.17) is 5.26 Å². The van der Waals surface area contributed by atoms with E-state index in [0.717, 1.165) is 0 Å². The molecule has 0 aliphatic carbocycles. The van der Waals surface area contributed by atoms with Crippen molar-refractivity contribution in [2.75, 3.05) is 11.9 Å². The van der Waals surface area contributed by atoms with Crippen LogP contribution in [0.3, 0.4) is 0 Å². The zero-order chi connectivity index (χ0) is 15.5. The minimum atomic E-state index is -2.18. The number of nitrogens with zero attached hydrogens (tertiary/aromatic N) is 1. The Morgan fingerprint density at radius 2 is 1.40 bits per heavy atom. The van der Waals surface area contributed by atoms with Crippen molar-refractivity contribution in [1.29, 1.82) is 5.26 Å². The molecule has 0 unspecified atom stereocenters. The highest BCUT2D eigenvalue weighted by atomic mass is 19.2. The zero-order valence-corrected chi connectivity index (χ0v) is 11.0. The third-order valence-corrected chi connectivity index (χ3v) is 2.79. The van der Waals surface area contributed by atoms with Crippen LogP contribution < -0.4 is 5.32 Å². The average molecular weight is 292 g/mol. The predicted molar refractivity (Wildman–Crippen MR) is 63.3 cm³/mol. The van der Waals surface area contributed by atoms with Gasteiger partial charge in [0.25, 0.3) is 0 Å². The second-order valence-electron chi connectivity index (χ2n) is 4.97. The maximum absolute atomic E-state index is 13.3. The molecule has 0 radical (unpaired) electrons. The van der Waals surface area contributed by atoms with Crippen LogP contribution in [0.1, 0.15) is 26.7 Å². The number of rotatable bonds is 5. The molecule has 0 saturated carbocycles. The second-order valence-corrected chi connectivity index (χ2v) is 4.97. The van der Waals surface area contributed by atoms with E-state index in [2.05, 4.69) is 5.32 Å². The summed E-state index contributed by atoms with van der Waals surface area (Å²) in [7, 11) is 0. The van der Waals surface area contributed by atoms with Gasteiger partial charge in [-0.25, -0.2) is 22.0 Å². The van der Waals surface area contributed by atoms with Gasteiger partial charge in [-0.2, -0.15) is 5.26 Å². The molecule has 0 heterocycles. The molecule has 2 nitrogen and oxygen atoms in total.